The van der Waals surface area contributed by atoms with Crippen LogP contribution in [0.25, 0.3) is 0 Å². The van der Waals surface area contributed by atoms with Crippen LogP contribution < -0.4 is 0 Å². The third-order valence-corrected chi connectivity index (χ3v) is 1.40. The molecule has 0 saturated carbocycles. The van der Waals surface area contributed by atoms with E-state index < -0.39 is 0 Å². The van der Waals surface area contributed by atoms with E-state index in [4.69, 9.17) is 5.26 Å². The van der Waals surface area contributed by atoms with E-state index in [1.54, 1.807) is 6.08 Å². The second-order valence-corrected chi connectivity index (χ2v) is 2.36. The van der Waals surface area contributed by atoms with Crippen molar-refractivity contribution >= 4 is 0 Å². The van der Waals surface area contributed by atoms with E-state index in [0.717, 1.165) is 6.42 Å². The van der Waals surface area contributed by atoms with Crippen LogP contribution in [0.5, 0.6) is 0 Å². The minimum Gasteiger partial charge on any atom is -0.193 e. The molecule has 9 heavy (non-hydrogen) atoms. The van der Waals surface area contributed by atoms with Crippen LogP contribution in [0.1, 0.15) is 27.2 Å². The second-order valence-electron chi connectivity index (χ2n) is 2.36. The Balaban J connectivity index is 4.02. The summed E-state index contributed by atoms with van der Waals surface area (Å²) in [5.74, 6) is 0.523. The van der Waals surface area contributed by atoms with Crippen molar-refractivity contribution in [2.24, 2.45) is 5.92 Å². The van der Waals surface area contributed by atoms with Gasteiger partial charge in [0.1, 0.15) is 0 Å². The third kappa shape index (κ3) is 2.92. The number of allylic oxidation sites excluding steroid dienone is 2. The third-order valence-electron chi connectivity index (χ3n) is 1.40. The summed E-state index contributed by atoms with van der Waals surface area (Å²) in [5.41, 5.74) is 1.23. The van der Waals surface area contributed by atoms with E-state index in [1.807, 2.05) is 6.07 Å². The highest BCUT2D eigenvalue weighted by Gasteiger charge is 1.97. The molecule has 0 aromatic carbocycles. The first-order valence-electron chi connectivity index (χ1n) is 3.30. The van der Waals surface area contributed by atoms with Gasteiger partial charge in [-0.15, -0.1) is 0 Å². The van der Waals surface area contributed by atoms with Gasteiger partial charge in [0.15, 0.2) is 0 Å². The van der Waals surface area contributed by atoms with E-state index in [-0.39, 0.29) is 0 Å². The molecule has 1 heteroatoms. The smallest absolute Gasteiger partial charge is 0.0911 e. The fraction of sp³-hybridized carbons (Fsp3) is 0.625. The summed E-state index contributed by atoms with van der Waals surface area (Å²) in [6.07, 6.45) is 2.63. The molecule has 50 valence electrons. The highest BCUT2D eigenvalue weighted by molar-refractivity contribution is 5.14. The van der Waals surface area contributed by atoms with E-state index in [2.05, 4.69) is 20.8 Å². The highest BCUT2D eigenvalue weighted by atomic mass is 14.2. The Morgan fingerprint density at radius 1 is 1.67 bits per heavy atom. The fourth-order valence-electron chi connectivity index (χ4n) is 0.760. The van der Waals surface area contributed by atoms with Crippen molar-refractivity contribution in [3.63, 3.8) is 0 Å². The average molecular weight is 123 g/mol. The Kier molecular flexibility index (Phi) is 3.79. The molecule has 0 rings (SSSR count). The van der Waals surface area contributed by atoms with Crippen LogP contribution in [0.2, 0.25) is 0 Å². The molecule has 0 spiro atoms. The maximum Gasteiger partial charge on any atom is 0.0911 e. The number of hydrogen-bond acceptors (Lipinski definition) is 1. The van der Waals surface area contributed by atoms with Crippen molar-refractivity contribution in [3.05, 3.63) is 11.6 Å². The van der Waals surface area contributed by atoms with Gasteiger partial charge in [0, 0.05) is 6.08 Å². The van der Waals surface area contributed by atoms with E-state index in [9.17, 15) is 0 Å². The maximum absolute atomic E-state index is 8.29. The molecule has 0 N–H and O–H groups in total. The molecule has 0 unspecified atom stereocenters. The SMILES string of the molecule is CC/C(=C/C#N)C(C)C. The summed E-state index contributed by atoms with van der Waals surface area (Å²) in [5, 5.41) is 8.29. The molecular formula is C8H13N. The van der Waals surface area contributed by atoms with Crippen molar-refractivity contribution in [1.82, 2.24) is 0 Å². The normalized spacial score (nSPS) is 11.7. The van der Waals surface area contributed by atoms with Gasteiger partial charge < -0.3 is 0 Å². The second kappa shape index (κ2) is 4.14. The van der Waals surface area contributed by atoms with Crippen LogP contribution in [-0.4, -0.2) is 0 Å². The molecule has 0 atom stereocenters. The van der Waals surface area contributed by atoms with Gasteiger partial charge >= 0.3 is 0 Å². The number of hydrogen-bond donors (Lipinski definition) is 0. The van der Waals surface area contributed by atoms with Crippen molar-refractivity contribution in [3.8, 4) is 6.07 Å². The molecule has 1 nitrogen and oxygen atoms in total. The van der Waals surface area contributed by atoms with Crippen LogP contribution in [0.15, 0.2) is 11.6 Å². The van der Waals surface area contributed by atoms with Gasteiger partial charge in [0.05, 0.1) is 6.07 Å². The standard InChI is InChI=1S/C8H13N/c1-4-8(5-6-9)7(2)3/h5,7H,4H2,1-3H3/b8-5-. The Bertz CT molecular complexity index is 137. The molecule has 0 bridgehead atoms. The minimum atomic E-state index is 0.523. The Morgan fingerprint density at radius 3 is 2.33 bits per heavy atom. The first kappa shape index (κ1) is 8.23. The molecule has 0 fully saturated rings. The summed E-state index contributed by atoms with van der Waals surface area (Å²) in [4.78, 5) is 0. The lowest BCUT2D eigenvalue weighted by molar-refractivity contribution is 0.733. The van der Waals surface area contributed by atoms with Crippen molar-refractivity contribution in [2.45, 2.75) is 27.2 Å². The molecule has 0 aliphatic carbocycles. The lowest BCUT2D eigenvalue weighted by Gasteiger charge is -2.04. The molecule has 0 aromatic heterocycles. The molecule has 0 aromatic rings. The van der Waals surface area contributed by atoms with Crippen LogP contribution in [0.4, 0.5) is 0 Å². The van der Waals surface area contributed by atoms with E-state index in [1.165, 1.54) is 5.57 Å². The monoisotopic (exact) mass is 123 g/mol. The molecule has 0 radical (unpaired) electrons. The van der Waals surface area contributed by atoms with Gasteiger partial charge in [-0.3, -0.25) is 0 Å². The Labute approximate surface area is 57.0 Å². The summed E-state index contributed by atoms with van der Waals surface area (Å²) in [6, 6.07) is 2.04. The zero-order valence-corrected chi connectivity index (χ0v) is 6.31. The van der Waals surface area contributed by atoms with Crippen LogP contribution >= 0.6 is 0 Å². The lowest BCUT2D eigenvalue weighted by atomic mass is 10.0. The van der Waals surface area contributed by atoms with Gasteiger partial charge in [-0.25, -0.2) is 0 Å². The summed E-state index contributed by atoms with van der Waals surface area (Å²) in [6.45, 7) is 6.28. The van der Waals surface area contributed by atoms with E-state index in [0.29, 0.717) is 5.92 Å². The largest absolute Gasteiger partial charge is 0.193 e. The molecule has 0 aliphatic rings. The average Bonchev–Trinajstić information content (AvgIpc) is 1.82. The zero-order chi connectivity index (χ0) is 7.28. The quantitative estimate of drug-likeness (QED) is 0.517. The van der Waals surface area contributed by atoms with Crippen molar-refractivity contribution < 1.29 is 0 Å². The molecule has 0 amide bonds. The minimum absolute atomic E-state index is 0.523. The molecule has 0 saturated heterocycles. The lowest BCUT2D eigenvalue weighted by Crippen LogP contribution is -1.90. The van der Waals surface area contributed by atoms with Gasteiger partial charge in [-0.05, 0) is 12.3 Å². The Hall–Kier alpha value is -0.770. The van der Waals surface area contributed by atoms with Crippen LogP contribution in [-0.2, 0) is 0 Å². The van der Waals surface area contributed by atoms with Crippen LogP contribution in [0, 0.1) is 17.2 Å². The summed E-state index contributed by atoms with van der Waals surface area (Å²) >= 11 is 0. The topological polar surface area (TPSA) is 23.8 Å². The van der Waals surface area contributed by atoms with Gasteiger partial charge in [-0.1, -0.05) is 26.3 Å². The van der Waals surface area contributed by atoms with Crippen LogP contribution in [0.3, 0.4) is 0 Å². The number of nitriles is 1. The zero-order valence-electron chi connectivity index (χ0n) is 6.31. The van der Waals surface area contributed by atoms with Gasteiger partial charge in [0.2, 0.25) is 0 Å². The number of nitrogens with zero attached hydrogens (tertiary/aromatic N) is 1. The first-order valence-corrected chi connectivity index (χ1v) is 3.30. The highest BCUT2D eigenvalue weighted by Crippen LogP contribution is 2.11. The van der Waals surface area contributed by atoms with E-state index >= 15 is 0 Å². The van der Waals surface area contributed by atoms with Gasteiger partial charge in [0.25, 0.3) is 0 Å². The summed E-state index contributed by atoms with van der Waals surface area (Å²) in [7, 11) is 0. The molecule has 0 aliphatic heterocycles. The maximum atomic E-state index is 8.29. The number of rotatable bonds is 2. The van der Waals surface area contributed by atoms with Crippen molar-refractivity contribution in [1.29, 1.82) is 5.26 Å². The van der Waals surface area contributed by atoms with Gasteiger partial charge in [-0.2, -0.15) is 5.26 Å². The predicted octanol–water partition coefficient (Wildman–Crippen LogP) is 2.50. The summed E-state index contributed by atoms with van der Waals surface area (Å²) < 4.78 is 0. The fourth-order valence-corrected chi connectivity index (χ4v) is 0.760. The van der Waals surface area contributed by atoms with Crippen molar-refractivity contribution in [2.75, 3.05) is 0 Å². The molecular weight excluding hydrogens is 110 g/mol. The first-order chi connectivity index (χ1) is 4.22. The predicted molar refractivity (Wildman–Crippen MR) is 38.8 cm³/mol. The molecule has 0 heterocycles. The Morgan fingerprint density at radius 2 is 2.22 bits per heavy atom.